The summed E-state index contributed by atoms with van der Waals surface area (Å²) in [6, 6.07) is 8.94. The molecule has 0 aliphatic carbocycles. The molecular formula is C21H20F2N6O. The van der Waals surface area contributed by atoms with Crippen LogP contribution >= 0.6 is 0 Å². The normalized spacial score (nSPS) is 19.8. The SMILES string of the molecule is C[C@@H]1CCN(C(=O)c2ccc3cc[nH]c3c2)C[C@H]1c1cc(C(F)F)nc2ncnn12. The number of aromatic nitrogens is 5. The number of nitrogens with zero attached hydrogens (tertiary/aromatic N) is 5. The predicted molar refractivity (Wildman–Crippen MR) is 106 cm³/mol. The first kappa shape index (κ1) is 18.7. The van der Waals surface area contributed by atoms with Gasteiger partial charge in [-0.15, -0.1) is 0 Å². The molecule has 0 spiro atoms. The molecule has 154 valence electrons. The van der Waals surface area contributed by atoms with Crippen LogP contribution in [0.5, 0.6) is 0 Å². The summed E-state index contributed by atoms with van der Waals surface area (Å²) in [5.41, 5.74) is 1.80. The number of likely N-dealkylation sites (tertiary alicyclic amines) is 1. The number of carbonyl (C=O) groups is 1. The number of hydrogen-bond acceptors (Lipinski definition) is 4. The van der Waals surface area contributed by atoms with Gasteiger partial charge in [0.2, 0.25) is 0 Å². The molecule has 3 aromatic heterocycles. The smallest absolute Gasteiger partial charge is 0.280 e. The third-order valence-electron chi connectivity index (χ3n) is 5.95. The molecule has 7 nitrogen and oxygen atoms in total. The van der Waals surface area contributed by atoms with E-state index in [2.05, 4.69) is 27.0 Å². The Bertz CT molecular complexity index is 1230. The zero-order chi connectivity index (χ0) is 20.8. The molecule has 0 saturated carbocycles. The number of H-pyrrole nitrogens is 1. The Hall–Kier alpha value is -3.36. The fraction of sp³-hybridized carbons (Fsp3) is 0.333. The Morgan fingerprint density at radius 1 is 1.27 bits per heavy atom. The summed E-state index contributed by atoms with van der Waals surface area (Å²) in [5, 5.41) is 5.22. The van der Waals surface area contributed by atoms with Gasteiger partial charge in [0.1, 0.15) is 12.0 Å². The first-order chi connectivity index (χ1) is 14.5. The Morgan fingerprint density at radius 3 is 2.97 bits per heavy atom. The van der Waals surface area contributed by atoms with Crippen molar-refractivity contribution in [2.45, 2.75) is 25.7 Å². The monoisotopic (exact) mass is 410 g/mol. The molecule has 1 aliphatic rings. The summed E-state index contributed by atoms with van der Waals surface area (Å²) in [7, 11) is 0. The summed E-state index contributed by atoms with van der Waals surface area (Å²) in [5.74, 6) is 0.124. The molecule has 1 saturated heterocycles. The standard InChI is InChI=1S/C21H20F2N6O/c1-12-5-7-28(20(30)14-3-2-13-4-6-24-16(13)8-14)10-15(12)18-9-17(19(22)23)27-21-25-11-26-29(18)21/h2-4,6,8-9,11-12,15,19,24H,5,7,10H2,1H3/t12-,15-/m1/s1. The van der Waals surface area contributed by atoms with Gasteiger partial charge in [-0.05, 0) is 42.0 Å². The van der Waals surface area contributed by atoms with Crippen LogP contribution in [0.2, 0.25) is 0 Å². The Kier molecular flexibility index (Phi) is 4.45. The molecule has 0 radical (unpaired) electrons. The maximum absolute atomic E-state index is 13.4. The van der Waals surface area contributed by atoms with Crippen LogP contribution < -0.4 is 0 Å². The van der Waals surface area contributed by atoms with E-state index < -0.39 is 6.43 Å². The molecule has 5 rings (SSSR count). The van der Waals surface area contributed by atoms with Crippen molar-refractivity contribution in [1.82, 2.24) is 29.5 Å². The quantitative estimate of drug-likeness (QED) is 0.557. The number of alkyl halides is 2. The Balaban J connectivity index is 1.48. The molecule has 0 unspecified atom stereocenters. The molecule has 1 N–H and O–H groups in total. The predicted octanol–water partition coefficient (Wildman–Crippen LogP) is 3.81. The van der Waals surface area contributed by atoms with Crippen LogP contribution in [0.15, 0.2) is 42.9 Å². The lowest BCUT2D eigenvalue weighted by molar-refractivity contribution is 0.0665. The maximum atomic E-state index is 13.4. The van der Waals surface area contributed by atoms with Gasteiger partial charge in [0.15, 0.2) is 0 Å². The van der Waals surface area contributed by atoms with Gasteiger partial charge in [0, 0.05) is 36.3 Å². The fourth-order valence-corrected chi connectivity index (χ4v) is 4.23. The van der Waals surface area contributed by atoms with Crippen molar-refractivity contribution < 1.29 is 13.6 Å². The van der Waals surface area contributed by atoms with Gasteiger partial charge in [-0.3, -0.25) is 4.79 Å². The largest absolute Gasteiger partial charge is 0.361 e. The number of fused-ring (bicyclic) bond motifs is 2. The number of aromatic amines is 1. The average Bonchev–Trinajstić information content (AvgIpc) is 3.41. The zero-order valence-electron chi connectivity index (χ0n) is 16.3. The number of hydrogen-bond donors (Lipinski definition) is 1. The molecule has 2 atom stereocenters. The minimum absolute atomic E-state index is 0.0682. The van der Waals surface area contributed by atoms with E-state index in [1.165, 1.54) is 16.9 Å². The van der Waals surface area contributed by atoms with Gasteiger partial charge < -0.3 is 9.88 Å². The molecule has 1 aliphatic heterocycles. The topological polar surface area (TPSA) is 79.2 Å². The minimum Gasteiger partial charge on any atom is -0.361 e. The molecule has 30 heavy (non-hydrogen) atoms. The lowest BCUT2D eigenvalue weighted by atomic mass is 9.84. The highest BCUT2D eigenvalue weighted by Gasteiger charge is 2.33. The van der Waals surface area contributed by atoms with Gasteiger partial charge in [0.25, 0.3) is 18.1 Å². The van der Waals surface area contributed by atoms with Gasteiger partial charge in [-0.2, -0.15) is 10.1 Å². The number of nitrogens with one attached hydrogen (secondary N) is 1. The number of piperidine rings is 1. The van der Waals surface area contributed by atoms with Crippen molar-refractivity contribution in [3.63, 3.8) is 0 Å². The average molecular weight is 410 g/mol. The van der Waals surface area contributed by atoms with E-state index in [1.54, 1.807) is 4.90 Å². The van der Waals surface area contributed by atoms with Crippen LogP contribution in [0, 0.1) is 5.92 Å². The summed E-state index contributed by atoms with van der Waals surface area (Å²) >= 11 is 0. The first-order valence-corrected chi connectivity index (χ1v) is 9.86. The van der Waals surface area contributed by atoms with Crippen LogP contribution in [-0.2, 0) is 0 Å². The number of carbonyl (C=O) groups excluding carboxylic acids is 1. The van der Waals surface area contributed by atoms with Crippen molar-refractivity contribution in [3.8, 4) is 0 Å². The molecular weight excluding hydrogens is 390 g/mol. The second kappa shape index (κ2) is 7.16. The van der Waals surface area contributed by atoms with Crippen molar-refractivity contribution in [2.24, 2.45) is 5.92 Å². The lowest BCUT2D eigenvalue weighted by Crippen LogP contribution is -2.42. The lowest BCUT2D eigenvalue weighted by Gasteiger charge is -2.37. The third kappa shape index (κ3) is 3.10. The minimum atomic E-state index is -2.70. The number of benzene rings is 1. The van der Waals surface area contributed by atoms with E-state index in [0.29, 0.717) is 24.3 Å². The molecule has 1 amide bonds. The van der Waals surface area contributed by atoms with E-state index in [0.717, 1.165) is 17.3 Å². The van der Waals surface area contributed by atoms with E-state index in [4.69, 9.17) is 0 Å². The highest BCUT2D eigenvalue weighted by Crippen LogP contribution is 2.34. The Morgan fingerprint density at radius 2 is 2.13 bits per heavy atom. The molecule has 4 aromatic rings. The second-order valence-corrected chi connectivity index (χ2v) is 7.78. The number of amides is 1. The fourth-order valence-electron chi connectivity index (χ4n) is 4.23. The van der Waals surface area contributed by atoms with Crippen molar-refractivity contribution >= 4 is 22.6 Å². The second-order valence-electron chi connectivity index (χ2n) is 7.78. The molecule has 0 bridgehead atoms. The van der Waals surface area contributed by atoms with E-state index in [1.807, 2.05) is 30.5 Å². The Labute approximate surface area is 170 Å². The van der Waals surface area contributed by atoms with Crippen molar-refractivity contribution in [2.75, 3.05) is 13.1 Å². The van der Waals surface area contributed by atoms with Gasteiger partial charge in [-0.25, -0.2) is 18.3 Å². The van der Waals surface area contributed by atoms with Crippen molar-refractivity contribution in [1.29, 1.82) is 0 Å². The highest BCUT2D eigenvalue weighted by atomic mass is 19.3. The van der Waals surface area contributed by atoms with Crippen LogP contribution in [0.1, 0.15) is 47.4 Å². The molecule has 1 fully saturated rings. The van der Waals surface area contributed by atoms with Gasteiger partial charge in [0.05, 0.1) is 5.69 Å². The summed E-state index contributed by atoms with van der Waals surface area (Å²) in [6.45, 7) is 3.11. The highest BCUT2D eigenvalue weighted by molar-refractivity contribution is 5.98. The summed E-state index contributed by atoms with van der Waals surface area (Å²) < 4.78 is 28.3. The van der Waals surface area contributed by atoms with Gasteiger partial charge in [-0.1, -0.05) is 13.0 Å². The first-order valence-electron chi connectivity index (χ1n) is 9.86. The van der Waals surface area contributed by atoms with Crippen LogP contribution in [0.4, 0.5) is 8.78 Å². The zero-order valence-corrected chi connectivity index (χ0v) is 16.3. The van der Waals surface area contributed by atoms with Crippen LogP contribution in [0.25, 0.3) is 16.7 Å². The summed E-state index contributed by atoms with van der Waals surface area (Å²) in [6.07, 6.45) is 1.21. The van der Waals surface area contributed by atoms with E-state index in [9.17, 15) is 13.6 Å². The summed E-state index contributed by atoms with van der Waals surface area (Å²) in [4.78, 5) is 26.0. The van der Waals surface area contributed by atoms with Crippen molar-refractivity contribution in [3.05, 3.63) is 59.8 Å². The van der Waals surface area contributed by atoms with Crippen LogP contribution in [-0.4, -0.2) is 48.5 Å². The van der Waals surface area contributed by atoms with Gasteiger partial charge >= 0.3 is 0 Å². The van der Waals surface area contributed by atoms with E-state index in [-0.39, 0.29) is 29.2 Å². The molecule has 4 heterocycles. The number of halogens is 2. The molecule has 9 heteroatoms. The molecule has 1 aromatic carbocycles. The number of rotatable bonds is 3. The maximum Gasteiger partial charge on any atom is 0.280 e. The van der Waals surface area contributed by atoms with E-state index >= 15 is 0 Å². The van der Waals surface area contributed by atoms with Crippen LogP contribution in [0.3, 0.4) is 0 Å². The third-order valence-corrected chi connectivity index (χ3v) is 5.95.